The second kappa shape index (κ2) is 39.2. The molecule has 2 saturated carbocycles. The first-order valence-electron chi connectivity index (χ1n) is 36.4. The number of unbranched alkanes of at least 4 members (excludes halogenated alkanes) is 4. The zero-order valence-electron chi connectivity index (χ0n) is 62.6. The number of fused-ring (bicyclic) bond motifs is 4. The maximum atomic E-state index is 10.6. The number of benzene rings is 4. The van der Waals surface area contributed by atoms with Gasteiger partial charge in [-0.25, -0.2) is 0 Å². The molecule has 2 fully saturated rings. The van der Waals surface area contributed by atoms with Crippen molar-refractivity contribution in [1.29, 1.82) is 0 Å². The topological polar surface area (TPSA) is 125 Å². The maximum absolute atomic E-state index is 10.6. The Hall–Kier alpha value is -3.04. The van der Waals surface area contributed by atoms with Crippen molar-refractivity contribution >= 4 is 30.9 Å². The van der Waals surface area contributed by atoms with Gasteiger partial charge in [0.2, 0.25) is 8.32 Å². The van der Waals surface area contributed by atoms with Crippen molar-refractivity contribution in [2.45, 2.75) is 298 Å². The quantitative estimate of drug-likeness (QED) is 0.0373. The summed E-state index contributed by atoms with van der Waals surface area (Å²) in [6.07, 6.45) is 22.0. The van der Waals surface area contributed by atoms with E-state index in [0.717, 1.165) is 76.9 Å². The monoisotopic (exact) mass is 1360 g/mol. The van der Waals surface area contributed by atoms with E-state index in [1.165, 1.54) is 84.7 Å². The van der Waals surface area contributed by atoms with Gasteiger partial charge >= 0.3 is 18.9 Å². The molecule has 4 aliphatic rings. The number of hydrogen-bond donors (Lipinski definition) is 1. The predicted molar refractivity (Wildman–Crippen MR) is 397 cm³/mol. The summed E-state index contributed by atoms with van der Waals surface area (Å²) in [6.45, 7) is 45.1. The van der Waals surface area contributed by atoms with Gasteiger partial charge in [0.15, 0.2) is 16.6 Å². The van der Waals surface area contributed by atoms with Gasteiger partial charge in [-0.1, -0.05) is 207 Å². The summed E-state index contributed by atoms with van der Waals surface area (Å²) in [7, 11) is -5.76. The molecule has 4 aromatic carbocycles. The number of carbonyl (C=O) groups excluding carboxylic acids is 1. The van der Waals surface area contributed by atoms with E-state index in [0.29, 0.717) is 93.1 Å². The molecule has 0 unspecified atom stereocenters. The Morgan fingerprint density at radius 2 is 0.916 bits per heavy atom. The second-order valence-corrected chi connectivity index (χ2v) is 46.9. The molecule has 4 aromatic rings. The van der Waals surface area contributed by atoms with Crippen LogP contribution in [0.5, 0.6) is 11.5 Å². The second-order valence-electron chi connectivity index (χ2n) is 32.7. The van der Waals surface area contributed by atoms with Gasteiger partial charge in [0.1, 0.15) is 11.5 Å². The predicted octanol–water partition coefficient (Wildman–Crippen LogP) is 17.3. The summed E-state index contributed by atoms with van der Waals surface area (Å²) in [5, 5.41) is 20.1. The van der Waals surface area contributed by atoms with Crippen molar-refractivity contribution in [2.75, 3.05) is 26.4 Å². The van der Waals surface area contributed by atoms with Crippen LogP contribution in [0.15, 0.2) is 97.1 Å². The molecule has 0 heterocycles. The van der Waals surface area contributed by atoms with Crippen LogP contribution in [0.4, 0.5) is 0 Å². The van der Waals surface area contributed by atoms with Crippen molar-refractivity contribution in [3.8, 4) is 11.5 Å². The first-order chi connectivity index (χ1) is 43.8. The molecule has 10 nitrogen and oxygen atoms in total. The number of ether oxygens (including phenoxy) is 4. The van der Waals surface area contributed by atoms with Crippen LogP contribution in [0.3, 0.4) is 0 Å². The van der Waals surface area contributed by atoms with Crippen LogP contribution in [0.25, 0.3) is 0 Å². The minimum atomic E-state index is -1.93. The zero-order chi connectivity index (χ0) is 68.2. The summed E-state index contributed by atoms with van der Waals surface area (Å²) in [5.41, 5.74) is 7.93. The van der Waals surface area contributed by atoms with Gasteiger partial charge in [0.05, 0.1) is 51.8 Å². The van der Waals surface area contributed by atoms with Gasteiger partial charge in [0.25, 0.3) is 0 Å². The van der Waals surface area contributed by atoms with Gasteiger partial charge in [0, 0.05) is 18.2 Å². The first kappa shape index (κ1) is 84.4. The van der Waals surface area contributed by atoms with Gasteiger partial charge in [-0.15, -0.1) is 0 Å². The minimum Gasteiger partial charge on any atom is -0.550 e. The molecular weight excluding hydrogens is 1220 g/mol. The molecule has 0 radical (unpaired) electrons. The maximum Gasteiger partial charge on any atom is 1.00 e. The number of phenolic OH excluding ortho intramolecular Hbond substituents is 1. The third-order valence-corrected chi connectivity index (χ3v) is 36.0. The summed E-state index contributed by atoms with van der Waals surface area (Å²) in [4.78, 5) is 8.89. The molecule has 0 bridgehead atoms. The van der Waals surface area contributed by atoms with Crippen molar-refractivity contribution in [1.82, 2.24) is 0 Å². The molecule has 10 atom stereocenters. The zero-order valence-corrected chi connectivity index (χ0v) is 65.6. The SMILES string of the molecule is C.CC(=O)[O-].CCCCC[C@@H](CC[C@@H]1[C@H]2Cc3cccc(O)c3C[C@H]2C[C@H]1O[Si](C)(C)C(C)(C)C)OCCOCc1ccccc1.CCCCC[C@@H](CC[C@@H]1[C@H]2Cc3cccc(O[Si](C)(C)C(C)(C)C)c3C[C@H]2C[C@H]1O[Si](C)(C)C(C)(C)C)OCCOCc1ccccc1.[Li+]. The number of aromatic hydroxyl groups is 1. The molecule has 4 aliphatic carbocycles. The standard InChI is InChI=1S/C42H70O4Si2.C36H56O4Si.C2H4O2.CH4.Li/c1-12-13-15-22-35(44-27-26-43-31-32-19-16-14-17-20-32)24-25-36-37-28-33-21-18-23-39(45-47(8,9)41(2,3)4)38(33)29-34(37)30-40(36)46-48(10,11)42(5,6)7;1-7-8-10-17-30(39-22-21-38-26-27-14-11-9-12-15-27)19-20-31-32-23-28-16-13-18-34(37)33(28)24-29(32)25-35(31)40-41(5,6)36(2,3)4;1-2(3)4;;/h14,16-21,23,34-37,40H,12-13,15,22,24-31H2,1-11H3;9,11-16,18,29-32,35,37H,7-8,10,17,19-26H2,1-6H3;1H3,(H,3,4);1H4;/q;;;;+1/p-1/t34-,35-,36+,37-,40+;29-,30-,31+,32-,35+;;;/m00.../s1. The van der Waals surface area contributed by atoms with E-state index in [4.69, 9.17) is 42.1 Å². The van der Waals surface area contributed by atoms with Crippen LogP contribution in [-0.4, -0.2) is 86.9 Å². The Morgan fingerprint density at radius 3 is 1.32 bits per heavy atom. The first-order valence-corrected chi connectivity index (χ1v) is 45.2. The normalized spacial score (nSPS) is 21.6. The molecule has 0 amide bonds. The molecule has 0 aliphatic heterocycles. The Kier molecular flexibility index (Phi) is 34.9. The molecule has 0 saturated heterocycles. The average molecular weight is 1360 g/mol. The number of hydrogen-bond acceptors (Lipinski definition) is 10. The van der Waals surface area contributed by atoms with E-state index < -0.39 is 30.9 Å². The summed E-state index contributed by atoms with van der Waals surface area (Å²) in [5.74, 6) is 4.15. The number of aliphatic carboxylic acids is 1. The number of rotatable bonds is 32. The Morgan fingerprint density at radius 1 is 0.526 bits per heavy atom. The smallest absolute Gasteiger partial charge is 0.550 e. The van der Waals surface area contributed by atoms with Crippen molar-refractivity contribution < 1.29 is 66.1 Å². The number of carboxylic acids is 1. The Bertz CT molecular complexity index is 2810. The van der Waals surface area contributed by atoms with Crippen LogP contribution in [0.1, 0.15) is 214 Å². The molecule has 530 valence electrons. The fourth-order valence-electron chi connectivity index (χ4n) is 14.2. The molecular formula is C81H133LiO10Si3. The van der Waals surface area contributed by atoms with Crippen LogP contribution in [-0.2, 0) is 71.5 Å². The van der Waals surface area contributed by atoms with E-state index >= 15 is 0 Å². The van der Waals surface area contributed by atoms with Crippen LogP contribution >= 0.6 is 0 Å². The summed E-state index contributed by atoms with van der Waals surface area (Å²) < 4.78 is 46.6. The van der Waals surface area contributed by atoms with Gasteiger partial charge in [-0.2, -0.15) is 0 Å². The van der Waals surface area contributed by atoms with Crippen molar-refractivity contribution in [2.24, 2.45) is 35.5 Å². The van der Waals surface area contributed by atoms with E-state index in [1.807, 2.05) is 18.2 Å². The molecule has 0 aromatic heterocycles. The number of carboxylic acid groups (broad SMARTS) is 1. The van der Waals surface area contributed by atoms with E-state index in [2.05, 4.69) is 194 Å². The number of phenols is 1. The molecule has 0 spiro atoms. The average Bonchev–Trinajstić information content (AvgIpc) is 1.66. The Labute approximate surface area is 595 Å². The molecule has 1 N–H and O–H groups in total. The fraction of sp³-hybridized carbons (Fsp3) is 0.691. The van der Waals surface area contributed by atoms with Crippen LogP contribution < -0.4 is 28.4 Å². The van der Waals surface area contributed by atoms with Crippen molar-refractivity contribution in [3.05, 3.63) is 130 Å². The molecule has 8 rings (SSSR count). The van der Waals surface area contributed by atoms with Gasteiger partial charge in [-0.3, -0.25) is 0 Å². The van der Waals surface area contributed by atoms with Crippen molar-refractivity contribution in [3.63, 3.8) is 0 Å². The Balaban J connectivity index is 0.000000379. The third kappa shape index (κ3) is 25.8. The van der Waals surface area contributed by atoms with Crippen LogP contribution in [0.2, 0.25) is 54.4 Å². The molecule has 95 heavy (non-hydrogen) atoms. The molecule has 14 heteroatoms. The number of carbonyl (C=O) groups is 1. The third-order valence-electron chi connectivity index (χ3n) is 22.6. The van der Waals surface area contributed by atoms with E-state index in [-0.39, 0.29) is 53.6 Å². The summed E-state index contributed by atoms with van der Waals surface area (Å²) >= 11 is 0. The van der Waals surface area contributed by atoms with Crippen LogP contribution in [0, 0.1) is 35.5 Å². The fourth-order valence-corrected chi connectivity index (χ4v) is 18.0. The summed E-state index contributed by atoms with van der Waals surface area (Å²) in [6, 6.07) is 33.8. The van der Waals surface area contributed by atoms with Gasteiger partial charge < -0.3 is 47.2 Å². The van der Waals surface area contributed by atoms with Gasteiger partial charge in [-0.05, 0) is 219 Å². The van der Waals surface area contributed by atoms with E-state index in [9.17, 15) is 5.11 Å². The largest absolute Gasteiger partial charge is 1.00 e. The minimum absolute atomic E-state index is 0. The van der Waals surface area contributed by atoms with E-state index in [1.54, 1.807) is 0 Å².